The van der Waals surface area contributed by atoms with Crippen molar-refractivity contribution in [1.82, 2.24) is 5.32 Å². The van der Waals surface area contributed by atoms with Gasteiger partial charge in [-0.2, -0.15) is 0 Å². The highest BCUT2D eigenvalue weighted by Crippen LogP contribution is 2.29. The molecular formula is C21H19Cl2N. The molecule has 24 heavy (non-hydrogen) atoms. The highest BCUT2D eigenvalue weighted by atomic mass is 35.5. The zero-order valence-corrected chi connectivity index (χ0v) is 15.0. The van der Waals surface area contributed by atoms with Crippen LogP contribution in [0.4, 0.5) is 0 Å². The first-order chi connectivity index (χ1) is 11.6. The van der Waals surface area contributed by atoms with Gasteiger partial charge < -0.3 is 5.32 Å². The molecule has 0 aliphatic heterocycles. The maximum Gasteiger partial charge on any atom is 0.0484 e. The summed E-state index contributed by atoms with van der Waals surface area (Å²) in [7, 11) is 0. The van der Waals surface area contributed by atoms with Gasteiger partial charge in [-0.15, -0.1) is 0 Å². The van der Waals surface area contributed by atoms with E-state index >= 15 is 0 Å². The van der Waals surface area contributed by atoms with E-state index in [1.165, 1.54) is 11.1 Å². The van der Waals surface area contributed by atoms with Gasteiger partial charge in [0.1, 0.15) is 0 Å². The molecule has 0 amide bonds. The number of hydrogen-bond acceptors (Lipinski definition) is 1. The number of nitrogens with one attached hydrogen (secondary N) is 1. The smallest absolute Gasteiger partial charge is 0.0484 e. The number of benzene rings is 3. The van der Waals surface area contributed by atoms with Crippen LogP contribution in [0.3, 0.4) is 0 Å². The van der Waals surface area contributed by atoms with Gasteiger partial charge in [-0.3, -0.25) is 0 Å². The van der Waals surface area contributed by atoms with Gasteiger partial charge in [-0.1, -0.05) is 71.7 Å². The minimum absolute atomic E-state index is 0.222. The number of rotatable bonds is 5. The van der Waals surface area contributed by atoms with E-state index in [0.29, 0.717) is 0 Å². The topological polar surface area (TPSA) is 12.0 Å². The molecule has 0 heterocycles. The Morgan fingerprint density at radius 2 is 1.67 bits per heavy atom. The third kappa shape index (κ3) is 4.18. The largest absolute Gasteiger partial charge is 0.306 e. The summed E-state index contributed by atoms with van der Waals surface area (Å²) in [5.41, 5.74) is 4.58. The van der Waals surface area contributed by atoms with E-state index in [1.807, 2.05) is 42.5 Å². The normalized spacial score (nSPS) is 12.1. The predicted molar refractivity (Wildman–Crippen MR) is 104 cm³/mol. The Labute approximate surface area is 153 Å². The molecule has 0 saturated heterocycles. The van der Waals surface area contributed by atoms with Crippen molar-refractivity contribution in [2.75, 3.05) is 0 Å². The molecule has 3 heteroatoms. The van der Waals surface area contributed by atoms with E-state index in [9.17, 15) is 0 Å². The first kappa shape index (κ1) is 17.0. The van der Waals surface area contributed by atoms with Crippen LogP contribution in [0.1, 0.15) is 24.1 Å². The van der Waals surface area contributed by atoms with Crippen LogP contribution in [0.2, 0.25) is 10.0 Å². The summed E-state index contributed by atoms with van der Waals surface area (Å²) in [4.78, 5) is 0. The van der Waals surface area contributed by atoms with E-state index in [0.717, 1.165) is 27.7 Å². The van der Waals surface area contributed by atoms with Crippen molar-refractivity contribution in [2.24, 2.45) is 0 Å². The highest BCUT2D eigenvalue weighted by Gasteiger charge is 2.08. The van der Waals surface area contributed by atoms with Crippen LogP contribution in [0, 0.1) is 0 Å². The molecule has 1 nitrogen and oxygen atoms in total. The second kappa shape index (κ2) is 7.85. The van der Waals surface area contributed by atoms with Crippen LogP contribution < -0.4 is 5.32 Å². The van der Waals surface area contributed by atoms with E-state index in [-0.39, 0.29) is 6.04 Å². The van der Waals surface area contributed by atoms with Crippen LogP contribution in [0.15, 0.2) is 72.8 Å². The zero-order valence-electron chi connectivity index (χ0n) is 13.5. The minimum Gasteiger partial charge on any atom is -0.306 e. The molecule has 0 aliphatic rings. The van der Waals surface area contributed by atoms with Gasteiger partial charge in [0.25, 0.3) is 0 Å². The molecule has 0 saturated carbocycles. The van der Waals surface area contributed by atoms with Crippen LogP contribution in [-0.4, -0.2) is 0 Å². The fraction of sp³-hybridized carbons (Fsp3) is 0.143. The van der Waals surface area contributed by atoms with E-state index < -0.39 is 0 Å². The maximum atomic E-state index is 6.37. The Bertz CT molecular complexity index is 815. The lowest BCUT2D eigenvalue weighted by molar-refractivity contribution is 0.575. The maximum absolute atomic E-state index is 6.37. The minimum atomic E-state index is 0.222. The average molecular weight is 356 g/mol. The molecule has 0 fully saturated rings. The Hall–Kier alpha value is -1.80. The van der Waals surface area contributed by atoms with E-state index in [4.69, 9.17) is 23.2 Å². The molecule has 0 bridgehead atoms. The summed E-state index contributed by atoms with van der Waals surface area (Å²) in [6.07, 6.45) is 0. The van der Waals surface area contributed by atoms with Gasteiger partial charge in [-0.05, 0) is 47.9 Å². The lowest BCUT2D eigenvalue weighted by atomic mass is 10.0. The molecule has 0 radical (unpaired) electrons. The summed E-state index contributed by atoms with van der Waals surface area (Å²) in [5, 5.41) is 5.07. The van der Waals surface area contributed by atoms with Gasteiger partial charge in [0, 0.05) is 28.2 Å². The van der Waals surface area contributed by atoms with E-state index in [1.54, 1.807) is 0 Å². The third-order valence-corrected chi connectivity index (χ3v) is 4.64. The fourth-order valence-corrected chi connectivity index (χ4v) is 3.11. The second-order valence-electron chi connectivity index (χ2n) is 5.84. The van der Waals surface area contributed by atoms with Crippen LogP contribution >= 0.6 is 23.2 Å². The van der Waals surface area contributed by atoms with Crippen molar-refractivity contribution >= 4 is 23.2 Å². The van der Waals surface area contributed by atoms with Crippen LogP contribution in [0.5, 0.6) is 0 Å². The molecule has 3 aromatic carbocycles. The molecule has 122 valence electrons. The van der Waals surface area contributed by atoms with Crippen molar-refractivity contribution in [3.63, 3.8) is 0 Å². The van der Waals surface area contributed by atoms with Crippen molar-refractivity contribution in [2.45, 2.75) is 19.5 Å². The second-order valence-corrected chi connectivity index (χ2v) is 6.68. The Morgan fingerprint density at radius 3 is 2.42 bits per heavy atom. The third-order valence-electron chi connectivity index (χ3n) is 4.08. The Balaban J connectivity index is 1.74. The van der Waals surface area contributed by atoms with Crippen molar-refractivity contribution < 1.29 is 0 Å². The molecule has 3 aromatic rings. The predicted octanol–water partition coefficient (Wildman–Crippen LogP) is 6.51. The van der Waals surface area contributed by atoms with Gasteiger partial charge in [0.05, 0.1) is 0 Å². The van der Waals surface area contributed by atoms with Crippen molar-refractivity contribution in [3.8, 4) is 11.1 Å². The van der Waals surface area contributed by atoms with Gasteiger partial charge in [0.15, 0.2) is 0 Å². The molecule has 1 N–H and O–H groups in total. The molecule has 1 atom stereocenters. The Morgan fingerprint density at radius 1 is 0.875 bits per heavy atom. The lowest BCUT2D eigenvalue weighted by Gasteiger charge is -2.15. The van der Waals surface area contributed by atoms with Gasteiger partial charge in [-0.25, -0.2) is 0 Å². The number of halogens is 2. The van der Waals surface area contributed by atoms with Gasteiger partial charge >= 0.3 is 0 Å². The van der Waals surface area contributed by atoms with Crippen LogP contribution in [0.25, 0.3) is 11.1 Å². The fourth-order valence-electron chi connectivity index (χ4n) is 2.69. The molecule has 0 aromatic heterocycles. The average Bonchev–Trinajstić information content (AvgIpc) is 2.61. The van der Waals surface area contributed by atoms with Gasteiger partial charge in [0.2, 0.25) is 0 Å². The lowest BCUT2D eigenvalue weighted by Crippen LogP contribution is -2.18. The first-order valence-electron chi connectivity index (χ1n) is 7.96. The molecule has 0 spiro atoms. The standard InChI is InChI=1S/C21H19Cl2N/c1-15(18-8-5-9-19(22)13-18)24-14-16-10-11-21(23)20(12-16)17-6-3-2-4-7-17/h2-13,15,24H,14H2,1H3. The number of hydrogen-bond donors (Lipinski definition) is 1. The van der Waals surface area contributed by atoms with E-state index in [2.05, 4.69) is 42.6 Å². The summed E-state index contributed by atoms with van der Waals surface area (Å²) in [6.45, 7) is 2.91. The van der Waals surface area contributed by atoms with Crippen molar-refractivity contribution in [3.05, 3.63) is 94.0 Å². The molecular weight excluding hydrogens is 337 g/mol. The molecule has 1 unspecified atom stereocenters. The zero-order chi connectivity index (χ0) is 16.9. The monoisotopic (exact) mass is 355 g/mol. The summed E-state index contributed by atoms with van der Waals surface area (Å²) in [6, 6.07) is 24.6. The highest BCUT2D eigenvalue weighted by molar-refractivity contribution is 6.33. The molecule has 3 rings (SSSR count). The summed E-state index contributed by atoms with van der Waals surface area (Å²) < 4.78 is 0. The van der Waals surface area contributed by atoms with Crippen molar-refractivity contribution in [1.29, 1.82) is 0 Å². The molecule has 0 aliphatic carbocycles. The Kier molecular flexibility index (Phi) is 5.57. The summed E-state index contributed by atoms with van der Waals surface area (Å²) in [5.74, 6) is 0. The van der Waals surface area contributed by atoms with Crippen LogP contribution in [-0.2, 0) is 6.54 Å². The first-order valence-corrected chi connectivity index (χ1v) is 8.72. The summed E-state index contributed by atoms with van der Waals surface area (Å²) >= 11 is 12.4. The SMILES string of the molecule is CC(NCc1ccc(Cl)c(-c2ccccc2)c1)c1cccc(Cl)c1. The quantitative estimate of drug-likeness (QED) is 0.549.